The molecule has 1 amide bonds. The monoisotopic (exact) mass is 249 g/mol. The highest BCUT2D eigenvalue weighted by Crippen LogP contribution is 2.31. The van der Waals surface area contributed by atoms with Crippen LogP contribution in [-0.4, -0.2) is 17.5 Å². The number of amides is 1. The summed E-state index contributed by atoms with van der Waals surface area (Å²) in [7, 11) is 0. The molecule has 0 fully saturated rings. The van der Waals surface area contributed by atoms with Crippen LogP contribution in [0, 0.1) is 0 Å². The molecule has 1 aromatic carbocycles. The van der Waals surface area contributed by atoms with Crippen LogP contribution in [0.3, 0.4) is 0 Å². The number of hydrogen-bond acceptors (Lipinski definition) is 3. The van der Waals surface area contributed by atoms with Crippen LogP contribution in [0.2, 0.25) is 0 Å². The molecule has 2 rings (SSSR count). The van der Waals surface area contributed by atoms with Gasteiger partial charge in [-0.2, -0.15) is 0 Å². The predicted octanol–water partition coefficient (Wildman–Crippen LogP) is 2.16. The Balaban J connectivity index is 2.40. The normalized spacial score (nSPS) is 12.2. The summed E-state index contributed by atoms with van der Waals surface area (Å²) in [6, 6.07) is 7.27. The lowest BCUT2D eigenvalue weighted by molar-refractivity contribution is -0.137. The van der Waals surface area contributed by atoms with E-state index in [1.807, 2.05) is 29.6 Å². The van der Waals surface area contributed by atoms with Crippen molar-refractivity contribution in [2.75, 3.05) is 0 Å². The van der Waals surface area contributed by atoms with Crippen molar-refractivity contribution in [3.05, 3.63) is 35.2 Å². The van der Waals surface area contributed by atoms with Crippen molar-refractivity contribution in [1.82, 2.24) is 5.32 Å². The Hall–Kier alpha value is -1.88. The highest BCUT2D eigenvalue weighted by molar-refractivity contribution is 7.17. The van der Waals surface area contributed by atoms with Gasteiger partial charge in [0, 0.05) is 4.70 Å². The molecule has 1 atom stereocenters. The maximum atomic E-state index is 10.8. The van der Waals surface area contributed by atoms with Crippen LogP contribution < -0.4 is 5.32 Å². The summed E-state index contributed by atoms with van der Waals surface area (Å²) >= 11 is 1.55. The largest absolute Gasteiger partial charge is 0.481 e. The fraction of sp³-hybridized carbons (Fsp3) is 0.167. The van der Waals surface area contributed by atoms with Gasteiger partial charge in [0.2, 0.25) is 6.41 Å². The van der Waals surface area contributed by atoms with Crippen LogP contribution in [0.5, 0.6) is 0 Å². The minimum Gasteiger partial charge on any atom is -0.481 e. The average Bonchev–Trinajstić information content (AvgIpc) is 2.71. The van der Waals surface area contributed by atoms with Crippen LogP contribution in [0.25, 0.3) is 10.1 Å². The highest BCUT2D eigenvalue weighted by atomic mass is 32.1. The first kappa shape index (κ1) is 11.6. The SMILES string of the molecule is O=CNC(CC(=O)O)c1csc2ccccc12. The average molecular weight is 249 g/mol. The van der Waals surface area contributed by atoms with E-state index in [2.05, 4.69) is 5.32 Å². The van der Waals surface area contributed by atoms with Gasteiger partial charge in [-0.15, -0.1) is 11.3 Å². The van der Waals surface area contributed by atoms with Crippen LogP contribution in [0.4, 0.5) is 0 Å². The van der Waals surface area contributed by atoms with Crippen molar-refractivity contribution in [2.45, 2.75) is 12.5 Å². The standard InChI is InChI=1S/C12H11NO3S/c14-7-13-10(5-12(15)16)9-6-17-11-4-2-1-3-8(9)11/h1-4,6-7,10H,5H2,(H,13,14)(H,15,16). The molecule has 0 bridgehead atoms. The first-order valence-electron chi connectivity index (χ1n) is 5.10. The van der Waals surface area contributed by atoms with E-state index in [1.54, 1.807) is 11.3 Å². The van der Waals surface area contributed by atoms with E-state index in [1.165, 1.54) is 0 Å². The van der Waals surface area contributed by atoms with Gasteiger partial charge in [-0.1, -0.05) is 18.2 Å². The minimum absolute atomic E-state index is 0.112. The van der Waals surface area contributed by atoms with Gasteiger partial charge in [0.05, 0.1) is 12.5 Å². The van der Waals surface area contributed by atoms with E-state index in [9.17, 15) is 9.59 Å². The summed E-state index contributed by atoms with van der Waals surface area (Å²) < 4.78 is 1.09. The lowest BCUT2D eigenvalue weighted by atomic mass is 10.0. The zero-order valence-electron chi connectivity index (χ0n) is 8.92. The molecule has 2 aromatic rings. The Bertz CT molecular complexity index is 549. The van der Waals surface area contributed by atoms with Crippen LogP contribution in [-0.2, 0) is 9.59 Å². The first-order valence-corrected chi connectivity index (χ1v) is 5.98. The van der Waals surface area contributed by atoms with E-state index in [0.717, 1.165) is 15.6 Å². The molecular weight excluding hydrogens is 238 g/mol. The summed E-state index contributed by atoms with van der Waals surface area (Å²) in [5.74, 6) is -0.931. The summed E-state index contributed by atoms with van der Waals surface area (Å²) in [6.07, 6.45) is 0.430. The van der Waals surface area contributed by atoms with E-state index < -0.39 is 12.0 Å². The molecule has 1 aromatic heterocycles. The molecule has 88 valence electrons. The van der Waals surface area contributed by atoms with Crippen LogP contribution in [0.1, 0.15) is 18.0 Å². The number of hydrogen-bond donors (Lipinski definition) is 2. The molecular formula is C12H11NO3S. The molecule has 0 spiro atoms. The van der Waals surface area contributed by atoms with Crippen molar-refractivity contribution in [2.24, 2.45) is 0 Å². The number of carbonyl (C=O) groups is 2. The van der Waals surface area contributed by atoms with Crippen molar-refractivity contribution < 1.29 is 14.7 Å². The molecule has 4 nitrogen and oxygen atoms in total. The number of rotatable bonds is 5. The topological polar surface area (TPSA) is 66.4 Å². The molecule has 0 saturated heterocycles. The number of nitrogens with one attached hydrogen (secondary N) is 1. The molecule has 17 heavy (non-hydrogen) atoms. The first-order chi connectivity index (χ1) is 8.22. The van der Waals surface area contributed by atoms with Gasteiger partial charge in [-0.3, -0.25) is 9.59 Å². The zero-order valence-corrected chi connectivity index (χ0v) is 9.74. The zero-order chi connectivity index (χ0) is 12.3. The number of carboxylic acid groups (broad SMARTS) is 1. The summed E-state index contributed by atoms with van der Waals surface area (Å²) in [4.78, 5) is 21.3. The molecule has 2 N–H and O–H groups in total. The van der Waals surface area contributed by atoms with Gasteiger partial charge in [-0.05, 0) is 22.4 Å². The summed E-state index contributed by atoms with van der Waals surface area (Å²) in [6.45, 7) is 0. The Morgan fingerprint density at radius 3 is 2.94 bits per heavy atom. The van der Waals surface area contributed by atoms with Crippen LogP contribution in [0.15, 0.2) is 29.6 Å². The van der Waals surface area contributed by atoms with Crippen LogP contribution >= 0.6 is 11.3 Å². The molecule has 0 radical (unpaired) electrons. The van der Waals surface area contributed by atoms with Gasteiger partial charge < -0.3 is 10.4 Å². The Kier molecular flexibility index (Phi) is 3.39. The Labute approximate surface area is 102 Å². The molecule has 0 saturated carbocycles. The molecule has 0 aliphatic heterocycles. The Morgan fingerprint density at radius 2 is 2.24 bits per heavy atom. The number of carboxylic acids is 1. The maximum Gasteiger partial charge on any atom is 0.305 e. The van der Waals surface area contributed by atoms with Crippen molar-refractivity contribution in [3.63, 3.8) is 0 Å². The van der Waals surface area contributed by atoms with E-state index in [0.29, 0.717) is 6.41 Å². The molecule has 0 aliphatic carbocycles. The summed E-state index contributed by atoms with van der Waals surface area (Å²) in [5, 5.41) is 14.3. The van der Waals surface area contributed by atoms with Crippen molar-refractivity contribution in [3.8, 4) is 0 Å². The number of aliphatic carboxylic acids is 1. The molecule has 1 unspecified atom stereocenters. The number of carbonyl (C=O) groups excluding carboxylic acids is 1. The maximum absolute atomic E-state index is 10.8. The number of thiophene rings is 1. The lowest BCUT2D eigenvalue weighted by Crippen LogP contribution is -2.22. The smallest absolute Gasteiger partial charge is 0.305 e. The van der Waals surface area contributed by atoms with Gasteiger partial charge in [0.25, 0.3) is 0 Å². The third-order valence-corrected chi connectivity index (χ3v) is 3.52. The van der Waals surface area contributed by atoms with E-state index in [4.69, 9.17) is 5.11 Å². The third kappa shape index (κ3) is 2.45. The second-order valence-corrected chi connectivity index (χ2v) is 4.53. The molecule has 5 heteroatoms. The van der Waals surface area contributed by atoms with Gasteiger partial charge in [-0.25, -0.2) is 0 Å². The highest BCUT2D eigenvalue weighted by Gasteiger charge is 2.18. The molecule has 0 aliphatic rings. The fourth-order valence-electron chi connectivity index (χ4n) is 1.78. The van der Waals surface area contributed by atoms with Crippen molar-refractivity contribution >= 4 is 33.8 Å². The minimum atomic E-state index is -0.931. The molecule has 1 heterocycles. The second-order valence-electron chi connectivity index (χ2n) is 3.62. The quantitative estimate of drug-likeness (QED) is 0.798. The third-order valence-electron chi connectivity index (χ3n) is 2.53. The van der Waals surface area contributed by atoms with E-state index >= 15 is 0 Å². The Morgan fingerprint density at radius 1 is 1.47 bits per heavy atom. The van der Waals surface area contributed by atoms with Crippen molar-refractivity contribution in [1.29, 1.82) is 0 Å². The lowest BCUT2D eigenvalue weighted by Gasteiger charge is -2.12. The second kappa shape index (κ2) is 4.97. The summed E-state index contributed by atoms with van der Waals surface area (Å²) in [5.41, 5.74) is 0.861. The van der Waals surface area contributed by atoms with E-state index in [-0.39, 0.29) is 6.42 Å². The van der Waals surface area contributed by atoms with Gasteiger partial charge in [0.15, 0.2) is 0 Å². The number of benzene rings is 1. The van der Waals surface area contributed by atoms with Gasteiger partial charge >= 0.3 is 5.97 Å². The van der Waals surface area contributed by atoms with Gasteiger partial charge in [0.1, 0.15) is 0 Å². The number of fused-ring (bicyclic) bond motifs is 1. The predicted molar refractivity (Wildman–Crippen MR) is 66.0 cm³/mol. The fourth-order valence-corrected chi connectivity index (χ4v) is 2.80.